The van der Waals surface area contributed by atoms with Crippen molar-refractivity contribution in [1.29, 1.82) is 0 Å². The zero-order valence-electron chi connectivity index (χ0n) is 9.84. The summed E-state index contributed by atoms with van der Waals surface area (Å²) in [5.74, 6) is 0. The van der Waals surface area contributed by atoms with E-state index in [2.05, 4.69) is 0 Å². The maximum Gasteiger partial charge on any atom is 0.191 e. The topological polar surface area (TPSA) is 26.1 Å². The molecule has 0 fully saturated rings. The number of nitrogens with zero attached hydrogens (tertiary/aromatic N) is 1. The molecule has 0 atom stereocenters. The molecular formula is C15H15NO. The Kier molecular flexibility index (Phi) is 3.55. The largest absolute Gasteiger partial charge is 0.623 e. The molecule has 2 aromatic rings. The number of hydroxylamine groups is 1. The van der Waals surface area contributed by atoms with E-state index in [1.807, 2.05) is 67.6 Å². The second-order valence-corrected chi connectivity index (χ2v) is 3.97. The number of rotatable bonds is 3. The van der Waals surface area contributed by atoms with E-state index in [0.29, 0.717) is 6.54 Å². The summed E-state index contributed by atoms with van der Waals surface area (Å²) < 4.78 is 1.03. The highest BCUT2D eigenvalue weighted by atomic mass is 16.5. The highest BCUT2D eigenvalue weighted by molar-refractivity contribution is 5.94. The molecule has 0 saturated carbocycles. The van der Waals surface area contributed by atoms with Crippen LogP contribution < -0.4 is 0 Å². The number of hydrogen-bond acceptors (Lipinski definition) is 1. The Balaban J connectivity index is 2.22. The van der Waals surface area contributed by atoms with E-state index >= 15 is 0 Å². The van der Waals surface area contributed by atoms with E-state index < -0.39 is 0 Å². The first-order chi connectivity index (χ1) is 8.27. The minimum Gasteiger partial charge on any atom is -0.623 e. The summed E-state index contributed by atoms with van der Waals surface area (Å²) in [4.78, 5) is 0. The maximum absolute atomic E-state index is 12.0. The maximum atomic E-state index is 12.0. The smallest absolute Gasteiger partial charge is 0.191 e. The summed E-state index contributed by atoms with van der Waals surface area (Å²) in [5, 5.41) is 12.0. The second-order valence-electron chi connectivity index (χ2n) is 3.97. The molecule has 0 spiro atoms. The molecule has 0 aliphatic heterocycles. The SMILES string of the molecule is C/C(c1ccccc1)=[N+](/[O-])Cc1ccccc1. The van der Waals surface area contributed by atoms with Crippen molar-refractivity contribution in [2.24, 2.45) is 0 Å². The van der Waals surface area contributed by atoms with Crippen molar-refractivity contribution in [3.63, 3.8) is 0 Å². The van der Waals surface area contributed by atoms with Crippen molar-refractivity contribution < 1.29 is 4.74 Å². The zero-order chi connectivity index (χ0) is 12.1. The van der Waals surface area contributed by atoms with Gasteiger partial charge in [0, 0.05) is 18.1 Å². The quantitative estimate of drug-likeness (QED) is 0.341. The summed E-state index contributed by atoms with van der Waals surface area (Å²) in [6, 6.07) is 19.5. The van der Waals surface area contributed by atoms with Crippen LogP contribution in [0.2, 0.25) is 0 Å². The lowest BCUT2D eigenvalue weighted by Crippen LogP contribution is -2.13. The average Bonchev–Trinajstić information content (AvgIpc) is 2.40. The molecule has 0 unspecified atom stereocenters. The Hall–Kier alpha value is -2.09. The average molecular weight is 225 g/mol. The molecule has 0 heterocycles. The summed E-state index contributed by atoms with van der Waals surface area (Å²) in [6.07, 6.45) is 0. The fourth-order valence-electron chi connectivity index (χ4n) is 1.69. The number of benzene rings is 2. The fraction of sp³-hybridized carbons (Fsp3) is 0.133. The Morgan fingerprint density at radius 3 is 2.06 bits per heavy atom. The lowest BCUT2D eigenvalue weighted by atomic mass is 10.1. The predicted octanol–water partition coefficient (Wildman–Crippen LogP) is 3.21. The van der Waals surface area contributed by atoms with Gasteiger partial charge < -0.3 is 5.21 Å². The molecule has 0 aliphatic carbocycles. The van der Waals surface area contributed by atoms with Gasteiger partial charge in [-0.25, -0.2) is 4.74 Å². The molecule has 17 heavy (non-hydrogen) atoms. The van der Waals surface area contributed by atoms with E-state index in [0.717, 1.165) is 21.6 Å². The Bertz CT molecular complexity index is 503. The van der Waals surface area contributed by atoms with Gasteiger partial charge in [0.25, 0.3) is 0 Å². The fourth-order valence-corrected chi connectivity index (χ4v) is 1.69. The Labute approximate surface area is 101 Å². The Morgan fingerprint density at radius 2 is 1.47 bits per heavy atom. The van der Waals surface area contributed by atoms with Crippen LogP contribution in [0.3, 0.4) is 0 Å². The van der Waals surface area contributed by atoms with Crippen LogP contribution in [-0.4, -0.2) is 10.5 Å². The third-order valence-corrected chi connectivity index (χ3v) is 2.73. The van der Waals surface area contributed by atoms with Crippen molar-refractivity contribution >= 4 is 5.71 Å². The minimum atomic E-state index is 0.390. The molecule has 0 N–H and O–H groups in total. The van der Waals surface area contributed by atoms with Crippen LogP contribution in [0, 0.1) is 5.21 Å². The highest BCUT2D eigenvalue weighted by Crippen LogP contribution is 2.04. The van der Waals surface area contributed by atoms with Gasteiger partial charge >= 0.3 is 0 Å². The zero-order valence-corrected chi connectivity index (χ0v) is 9.84. The van der Waals surface area contributed by atoms with E-state index in [4.69, 9.17) is 0 Å². The van der Waals surface area contributed by atoms with Gasteiger partial charge in [0.1, 0.15) is 0 Å². The van der Waals surface area contributed by atoms with Crippen LogP contribution in [0.1, 0.15) is 18.1 Å². The molecule has 0 amide bonds. The van der Waals surface area contributed by atoms with Crippen LogP contribution in [-0.2, 0) is 6.54 Å². The lowest BCUT2D eigenvalue weighted by molar-refractivity contribution is -0.474. The van der Waals surface area contributed by atoms with Gasteiger partial charge in [0.15, 0.2) is 12.3 Å². The van der Waals surface area contributed by atoms with Gasteiger partial charge in [-0.15, -0.1) is 0 Å². The summed E-state index contributed by atoms with van der Waals surface area (Å²) in [5.41, 5.74) is 2.74. The second kappa shape index (κ2) is 5.30. The molecule has 2 nitrogen and oxygen atoms in total. The highest BCUT2D eigenvalue weighted by Gasteiger charge is 2.06. The summed E-state index contributed by atoms with van der Waals surface area (Å²) >= 11 is 0. The van der Waals surface area contributed by atoms with Gasteiger partial charge in [0.2, 0.25) is 0 Å². The molecule has 0 aliphatic rings. The van der Waals surface area contributed by atoms with Crippen LogP contribution in [0.25, 0.3) is 0 Å². The van der Waals surface area contributed by atoms with E-state index in [1.165, 1.54) is 0 Å². The van der Waals surface area contributed by atoms with Gasteiger partial charge in [-0.1, -0.05) is 48.5 Å². The van der Waals surface area contributed by atoms with Gasteiger partial charge in [0.05, 0.1) is 0 Å². The molecule has 0 bridgehead atoms. The molecule has 2 aromatic carbocycles. The molecule has 0 saturated heterocycles. The van der Waals surface area contributed by atoms with Gasteiger partial charge in [-0.05, 0) is 12.1 Å². The molecule has 2 heteroatoms. The van der Waals surface area contributed by atoms with Crippen LogP contribution in [0.5, 0.6) is 0 Å². The normalized spacial score (nSPS) is 12.1. The monoisotopic (exact) mass is 225 g/mol. The molecular weight excluding hydrogens is 210 g/mol. The van der Waals surface area contributed by atoms with Crippen molar-refractivity contribution in [2.45, 2.75) is 13.5 Å². The van der Waals surface area contributed by atoms with Crippen molar-refractivity contribution in [3.8, 4) is 0 Å². The molecule has 86 valence electrons. The van der Waals surface area contributed by atoms with Gasteiger partial charge in [-0.2, -0.15) is 0 Å². The molecule has 2 rings (SSSR count). The Morgan fingerprint density at radius 1 is 0.941 bits per heavy atom. The van der Waals surface area contributed by atoms with Crippen molar-refractivity contribution in [1.82, 2.24) is 0 Å². The summed E-state index contributed by atoms with van der Waals surface area (Å²) in [7, 11) is 0. The third kappa shape index (κ3) is 2.94. The first kappa shape index (κ1) is 11.4. The van der Waals surface area contributed by atoms with E-state index in [-0.39, 0.29) is 0 Å². The van der Waals surface area contributed by atoms with Crippen molar-refractivity contribution in [3.05, 3.63) is 77.0 Å². The van der Waals surface area contributed by atoms with Crippen LogP contribution in [0.15, 0.2) is 60.7 Å². The first-order valence-corrected chi connectivity index (χ1v) is 5.65. The minimum absolute atomic E-state index is 0.390. The third-order valence-electron chi connectivity index (χ3n) is 2.73. The summed E-state index contributed by atoms with van der Waals surface area (Å²) in [6.45, 7) is 2.24. The molecule has 0 radical (unpaired) electrons. The van der Waals surface area contributed by atoms with Crippen molar-refractivity contribution in [2.75, 3.05) is 0 Å². The van der Waals surface area contributed by atoms with Crippen LogP contribution >= 0.6 is 0 Å². The predicted molar refractivity (Wildman–Crippen MR) is 70.0 cm³/mol. The van der Waals surface area contributed by atoms with Gasteiger partial charge in [-0.3, -0.25) is 0 Å². The number of hydrogen-bond donors (Lipinski definition) is 0. The molecule has 0 aromatic heterocycles. The standard InChI is InChI=1S/C15H15NO/c1-13(15-10-6-3-7-11-15)16(17)12-14-8-4-2-5-9-14/h2-11H,12H2,1H3/b16-13-. The first-order valence-electron chi connectivity index (χ1n) is 5.65. The van der Waals surface area contributed by atoms with E-state index in [9.17, 15) is 5.21 Å². The van der Waals surface area contributed by atoms with Crippen LogP contribution in [0.4, 0.5) is 0 Å². The lowest BCUT2D eigenvalue weighted by Gasteiger charge is -2.08. The van der Waals surface area contributed by atoms with E-state index in [1.54, 1.807) is 0 Å².